The lowest BCUT2D eigenvalue weighted by molar-refractivity contribution is -0.115. The van der Waals surface area contributed by atoms with E-state index in [9.17, 15) is 4.79 Å². The number of nitrogens with one attached hydrogen (secondary N) is 1. The van der Waals surface area contributed by atoms with Crippen molar-refractivity contribution in [3.8, 4) is 11.4 Å². The number of para-hydroxylation sites is 1. The number of hydrogen-bond donors (Lipinski definition) is 1. The van der Waals surface area contributed by atoms with E-state index in [1.54, 1.807) is 11.8 Å². The van der Waals surface area contributed by atoms with Gasteiger partial charge in [-0.15, -0.1) is 28.1 Å². The first-order chi connectivity index (χ1) is 16.0. The van der Waals surface area contributed by atoms with Crippen LogP contribution in [0.1, 0.15) is 21.8 Å². The number of benzene rings is 2. The fourth-order valence-corrected chi connectivity index (χ4v) is 5.10. The highest BCUT2D eigenvalue weighted by Crippen LogP contribution is 2.27. The molecule has 0 atom stereocenters. The normalized spacial score (nSPS) is 10.8. The molecular formula is C25H25N5OS2. The molecule has 0 radical (unpaired) electrons. The zero-order valence-corrected chi connectivity index (χ0v) is 20.2. The maximum absolute atomic E-state index is 12.4. The monoisotopic (exact) mass is 475 g/mol. The zero-order chi connectivity index (χ0) is 23.2. The molecule has 0 aliphatic rings. The maximum Gasteiger partial charge on any atom is 0.231 e. The van der Waals surface area contributed by atoms with Gasteiger partial charge in [-0.25, -0.2) is 4.98 Å². The molecule has 0 unspecified atom stereocenters. The lowest BCUT2D eigenvalue weighted by atomic mass is 10.1. The summed E-state index contributed by atoms with van der Waals surface area (Å²) in [6.07, 6.45) is 2.11. The standard InChI is InChI=1S/C25H25N5OS2/c1-4-12-30-24(19-10-7-8-17(2)13-19)28-29-25(30)33-16-20-15-32-23(26-20)14-22(31)27-21-11-6-5-9-18(21)3/h4-11,13,15H,1,12,14,16H2,2-3H3,(H,27,31). The Morgan fingerprint density at radius 3 is 2.82 bits per heavy atom. The molecule has 4 aromatic rings. The van der Waals surface area contributed by atoms with E-state index in [1.807, 2.05) is 54.8 Å². The smallest absolute Gasteiger partial charge is 0.231 e. The van der Waals surface area contributed by atoms with Gasteiger partial charge in [-0.05, 0) is 31.5 Å². The number of aryl methyl sites for hydroxylation is 2. The summed E-state index contributed by atoms with van der Waals surface area (Å²) in [6.45, 7) is 8.54. The molecule has 4 rings (SSSR count). The molecule has 168 valence electrons. The van der Waals surface area contributed by atoms with Crippen molar-refractivity contribution >= 4 is 34.7 Å². The fourth-order valence-electron chi connectivity index (χ4n) is 3.37. The molecule has 0 fully saturated rings. The topological polar surface area (TPSA) is 72.7 Å². The molecular weight excluding hydrogens is 450 g/mol. The largest absolute Gasteiger partial charge is 0.325 e. The SMILES string of the molecule is C=CCn1c(SCc2csc(CC(=O)Nc3ccccc3C)n2)nnc1-c1cccc(C)c1. The number of allylic oxidation sites excluding steroid dienone is 1. The first-order valence-corrected chi connectivity index (χ1v) is 12.4. The van der Waals surface area contributed by atoms with E-state index in [4.69, 9.17) is 0 Å². The van der Waals surface area contributed by atoms with E-state index >= 15 is 0 Å². The Hall–Kier alpha value is -3.23. The van der Waals surface area contributed by atoms with Gasteiger partial charge in [0.05, 0.1) is 12.1 Å². The van der Waals surface area contributed by atoms with E-state index < -0.39 is 0 Å². The molecule has 0 spiro atoms. The predicted octanol–water partition coefficient (Wildman–Crippen LogP) is 5.68. The molecule has 6 nitrogen and oxygen atoms in total. The lowest BCUT2D eigenvalue weighted by Crippen LogP contribution is -2.15. The van der Waals surface area contributed by atoms with E-state index in [0.717, 1.165) is 38.5 Å². The van der Waals surface area contributed by atoms with Gasteiger partial charge in [0, 0.05) is 28.9 Å². The van der Waals surface area contributed by atoms with Gasteiger partial charge in [0.15, 0.2) is 11.0 Å². The Labute approximate surface area is 201 Å². The first-order valence-electron chi connectivity index (χ1n) is 10.6. The Balaban J connectivity index is 1.40. The number of hydrogen-bond acceptors (Lipinski definition) is 6. The summed E-state index contributed by atoms with van der Waals surface area (Å²) in [5.41, 5.74) is 5.01. The summed E-state index contributed by atoms with van der Waals surface area (Å²) in [7, 11) is 0. The average Bonchev–Trinajstić information content (AvgIpc) is 3.41. The Morgan fingerprint density at radius 2 is 2.03 bits per heavy atom. The minimum absolute atomic E-state index is 0.0635. The fraction of sp³-hybridized carbons (Fsp3) is 0.200. The quantitative estimate of drug-likeness (QED) is 0.249. The highest BCUT2D eigenvalue weighted by Gasteiger charge is 2.15. The number of carbonyl (C=O) groups excluding carboxylic acids is 1. The van der Waals surface area contributed by atoms with E-state index in [2.05, 4.69) is 50.7 Å². The second-order valence-electron chi connectivity index (χ2n) is 7.64. The summed E-state index contributed by atoms with van der Waals surface area (Å²) in [4.78, 5) is 17.1. The van der Waals surface area contributed by atoms with Gasteiger partial charge in [0.2, 0.25) is 5.91 Å². The van der Waals surface area contributed by atoms with Crippen LogP contribution in [0, 0.1) is 13.8 Å². The molecule has 2 aromatic carbocycles. The van der Waals surface area contributed by atoms with Gasteiger partial charge in [-0.3, -0.25) is 9.36 Å². The second kappa shape index (κ2) is 10.6. The second-order valence-corrected chi connectivity index (χ2v) is 9.52. The van der Waals surface area contributed by atoms with Crippen molar-refractivity contribution in [2.75, 3.05) is 5.32 Å². The third-order valence-electron chi connectivity index (χ3n) is 4.98. The molecule has 1 N–H and O–H groups in total. The van der Waals surface area contributed by atoms with Crippen LogP contribution in [0.15, 0.2) is 71.7 Å². The zero-order valence-electron chi connectivity index (χ0n) is 18.6. The van der Waals surface area contributed by atoms with Crippen LogP contribution in [0.4, 0.5) is 5.69 Å². The predicted molar refractivity (Wildman–Crippen MR) is 136 cm³/mol. The van der Waals surface area contributed by atoms with Crippen molar-refractivity contribution in [2.45, 2.75) is 37.7 Å². The Morgan fingerprint density at radius 1 is 1.18 bits per heavy atom. The van der Waals surface area contributed by atoms with Crippen LogP contribution in [0.5, 0.6) is 0 Å². The van der Waals surface area contributed by atoms with Gasteiger partial charge in [0.25, 0.3) is 0 Å². The van der Waals surface area contributed by atoms with Crippen molar-refractivity contribution in [1.82, 2.24) is 19.7 Å². The molecule has 2 aromatic heterocycles. The van der Waals surface area contributed by atoms with Gasteiger partial charge >= 0.3 is 0 Å². The average molecular weight is 476 g/mol. The third-order valence-corrected chi connectivity index (χ3v) is 6.88. The number of thiazole rings is 1. The lowest BCUT2D eigenvalue weighted by Gasteiger charge is -2.08. The Bertz CT molecular complexity index is 1280. The van der Waals surface area contributed by atoms with Crippen LogP contribution < -0.4 is 5.32 Å². The number of nitrogens with zero attached hydrogens (tertiary/aromatic N) is 4. The summed E-state index contributed by atoms with van der Waals surface area (Å²) in [5.74, 6) is 1.42. The van der Waals surface area contributed by atoms with Crippen molar-refractivity contribution in [1.29, 1.82) is 0 Å². The van der Waals surface area contributed by atoms with Crippen LogP contribution in [0.3, 0.4) is 0 Å². The maximum atomic E-state index is 12.4. The number of rotatable bonds is 9. The first kappa shape index (κ1) is 22.9. The van der Waals surface area contributed by atoms with E-state index in [1.165, 1.54) is 16.9 Å². The number of anilines is 1. The van der Waals surface area contributed by atoms with Gasteiger partial charge in [-0.1, -0.05) is 59.8 Å². The van der Waals surface area contributed by atoms with Crippen molar-refractivity contribution < 1.29 is 4.79 Å². The molecule has 33 heavy (non-hydrogen) atoms. The highest BCUT2D eigenvalue weighted by molar-refractivity contribution is 7.98. The summed E-state index contributed by atoms with van der Waals surface area (Å²) in [6, 6.07) is 16.0. The molecule has 1 amide bonds. The van der Waals surface area contributed by atoms with Crippen LogP contribution in [-0.2, 0) is 23.5 Å². The molecule has 0 saturated heterocycles. The molecule has 0 saturated carbocycles. The van der Waals surface area contributed by atoms with Crippen LogP contribution in [-0.4, -0.2) is 25.7 Å². The number of amides is 1. The van der Waals surface area contributed by atoms with E-state index in [0.29, 0.717) is 12.3 Å². The van der Waals surface area contributed by atoms with Gasteiger partial charge < -0.3 is 5.32 Å². The molecule has 0 aliphatic heterocycles. The van der Waals surface area contributed by atoms with Crippen LogP contribution in [0.2, 0.25) is 0 Å². The van der Waals surface area contributed by atoms with Gasteiger partial charge in [0.1, 0.15) is 5.01 Å². The minimum atomic E-state index is -0.0635. The highest BCUT2D eigenvalue weighted by atomic mass is 32.2. The van der Waals surface area contributed by atoms with Crippen molar-refractivity contribution in [2.24, 2.45) is 0 Å². The molecule has 0 aliphatic carbocycles. The van der Waals surface area contributed by atoms with Crippen molar-refractivity contribution in [3.63, 3.8) is 0 Å². The Kier molecular flexibility index (Phi) is 7.36. The summed E-state index contributed by atoms with van der Waals surface area (Å²) >= 11 is 3.08. The van der Waals surface area contributed by atoms with Gasteiger partial charge in [-0.2, -0.15) is 0 Å². The van der Waals surface area contributed by atoms with Crippen LogP contribution in [0.25, 0.3) is 11.4 Å². The van der Waals surface area contributed by atoms with E-state index in [-0.39, 0.29) is 12.3 Å². The summed E-state index contributed by atoms with van der Waals surface area (Å²) in [5, 5.41) is 15.4. The molecule has 8 heteroatoms. The number of carbonyl (C=O) groups is 1. The molecule has 2 heterocycles. The third kappa shape index (κ3) is 5.77. The van der Waals surface area contributed by atoms with Crippen molar-refractivity contribution in [3.05, 3.63) is 88.4 Å². The summed E-state index contributed by atoms with van der Waals surface area (Å²) < 4.78 is 2.06. The number of thioether (sulfide) groups is 1. The van der Waals surface area contributed by atoms with Crippen LogP contribution >= 0.6 is 23.1 Å². The minimum Gasteiger partial charge on any atom is -0.325 e. The number of aromatic nitrogens is 4. The molecule has 0 bridgehead atoms.